The van der Waals surface area contributed by atoms with Gasteiger partial charge in [-0.3, -0.25) is 4.79 Å². The van der Waals surface area contributed by atoms with Crippen molar-refractivity contribution >= 4 is 11.8 Å². The number of aromatic carboxylic acids is 1. The van der Waals surface area contributed by atoms with Crippen LogP contribution in [-0.4, -0.2) is 34.2 Å². The smallest absolute Gasteiger partial charge is 0.343 e. The molecule has 104 valence electrons. The normalized spacial score (nSPS) is 10.3. The van der Waals surface area contributed by atoms with E-state index in [0.29, 0.717) is 6.42 Å². The number of phenols is 2. The van der Waals surface area contributed by atoms with Crippen LogP contribution in [0.5, 0.6) is 17.2 Å². The number of hydrogen-bond acceptors (Lipinski definition) is 5. The van der Waals surface area contributed by atoms with Crippen LogP contribution in [0.3, 0.4) is 0 Å². The van der Waals surface area contributed by atoms with E-state index in [1.165, 1.54) is 14.0 Å². The Morgan fingerprint density at radius 1 is 1.16 bits per heavy atom. The first-order valence-electron chi connectivity index (χ1n) is 5.75. The molecule has 3 N–H and O–H groups in total. The third-order valence-electron chi connectivity index (χ3n) is 2.81. The zero-order chi connectivity index (χ0) is 14.7. The van der Waals surface area contributed by atoms with Crippen LogP contribution in [0.1, 0.15) is 46.0 Å². The van der Waals surface area contributed by atoms with Crippen LogP contribution in [0.15, 0.2) is 0 Å². The molecule has 0 bridgehead atoms. The van der Waals surface area contributed by atoms with Gasteiger partial charge in [-0.25, -0.2) is 4.79 Å². The second-order valence-electron chi connectivity index (χ2n) is 4.08. The van der Waals surface area contributed by atoms with Crippen molar-refractivity contribution in [3.8, 4) is 17.2 Å². The Labute approximate surface area is 110 Å². The molecule has 0 saturated carbocycles. The van der Waals surface area contributed by atoms with Gasteiger partial charge in [0.2, 0.25) is 0 Å². The molecule has 6 nitrogen and oxygen atoms in total. The molecular weight excluding hydrogens is 252 g/mol. The first kappa shape index (κ1) is 14.8. The van der Waals surface area contributed by atoms with Gasteiger partial charge in [-0.05, 0) is 13.3 Å². The molecule has 0 aliphatic heterocycles. The summed E-state index contributed by atoms with van der Waals surface area (Å²) >= 11 is 0. The standard InChI is InChI=1S/C13H16O6/c1-4-5-7(14)8-11(16)9(13(17)18)10(15)6(2)12(8)19-3/h15-16H,4-5H2,1-3H3,(H,17,18). The van der Waals surface area contributed by atoms with Crippen LogP contribution in [0.25, 0.3) is 0 Å². The average Bonchev–Trinajstić information content (AvgIpc) is 2.33. The maximum atomic E-state index is 12.0. The first-order chi connectivity index (χ1) is 8.86. The van der Waals surface area contributed by atoms with Gasteiger partial charge in [-0.1, -0.05) is 6.92 Å². The number of benzene rings is 1. The number of rotatable bonds is 5. The molecule has 1 rings (SSSR count). The first-order valence-corrected chi connectivity index (χ1v) is 5.75. The summed E-state index contributed by atoms with van der Waals surface area (Å²) in [4.78, 5) is 23.0. The molecule has 0 aliphatic carbocycles. The summed E-state index contributed by atoms with van der Waals surface area (Å²) in [6.45, 7) is 3.20. The summed E-state index contributed by atoms with van der Waals surface area (Å²) in [5.41, 5.74) is -0.771. The summed E-state index contributed by atoms with van der Waals surface area (Å²) in [6.07, 6.45) is 0.691. The molecule has 1 aromatic carbocycles. The van der Waals surface area contributed by atoms with Gasteiger partial charge in [0, 0.05) is 12.0 Å². The molecule has 0 aliphatic rings. The molecule has 0 aromatic heterocycles. The van der Waals surface area contributed by atoms with Crippen molar-refractivity contribution in [2.75, 3.05) is 7.11 Å². The number of carboxylic acids is 1. The SMILES string of the molecule is CCCC(=O)c1c(O)c(C(=O)O)c(O)c(C)c1OC. The highest BCUT2D eigenvalue weighted by atomic mass is 16.5. The van der Waals surface area contributed by atoms with Gasteiger partial charge in [0.1, 0.15) is 28.4 Å². The van der Waals surface area contributed by atoms with Gasteiger partial charge in [-0.15, -0.1) is 0 Å². The number of hydrogen-bond donors (Lipinski definition) is 3. The van der Waals surface area contributed by atoms with Crippen molar-refractivity contribution in [1.29, 1.82) is 0 Å². The van der Waals surface area contributed by atoms with Crippen molar-refractivity contribution in [3.63, 3.8) is 0 Å². The van der Waals surface area contributed by atoms with E-state index in [9.17, 15) is 19.8 Å². The van der Waals surface area contributed by atoms with Gasteiger partial charge < -0.3 is 20.1 Å². The van der Waals surface area contributed by atoms with E-state index in [1.54, 1.807) is 6.92 Å². The largest absolute Gasteiger partial charge is 0.506 e. The van der Waals surface area contributed by atoms with E-state index in [1.807, 2.05) is 0 Å². The predicted octanol–water partition coefficient (Wildman–Crippen LogP) is 2.10. The Balaban J connectivity index is 3.69. The minimum atomic E-state index is -1.51. The van der Waals surface area contributed by atoms with Crippen LogP contribution < -0.4 is 4.74 Å². The topological polar surface area (TPSA) is 104 Å². The van der Waals surface area contributed by atoms with Crippen molar-refractivity contribution in [3.05, 3.63) is 16.7 Å². The van der Waals surface area contributed by atoms with Gasteiger partial charge in [0.25, 0.3) is 0 Å². The molecule has 0 fully saturated rings. The summed E-state index contributed by atoms with van der Waals surface area (Å²) < 4.78 is 5.01. The minimum Gasteiger partial charge on any atom is -0.506 e. The highest BCUT2D eigenvalue weighted by Gasteiger charge is 2.29. The van der Waals surface area contributed by atoms with Gasteiger partial charge in [0.05, 0.1) is 7.11 Å². The van der Waals surface area contributed by atoms with Crippen LogP contribution in [-0.2, 0) is 0 Å². The predicted molar refractivity (Wildman–Crippen MR) is 67.3 cm³/mol. The average molecular weight is 268 g/mol. The van der Waals surface area contributed by atoms with E-state index < -0.39 is 28.8 Å². The van der Waals surface area contributed by atoms with Crippen LogP contribution in [0.4, 0.5) is 0 Å². The highest BCUT2D eigenvalue weighted by Crippen LogP contribution is 2.42. The number of ketones is 1. The fraction of sp³-hybridized carbons (Fsp3) is 0.385. The molecule has 19 heavy (non-hydrogen) atoms. The van der Waals surface area contributed by atoms with Crippen LogP contribution in [0.2, 0.25) is 0 Å². The van der Waals surface area contributed by atoms with Crippen molar-refractivity contribution in [2.45, 2.75) is 26.7 Å². The maximum Gasteiger partial charge on any atom is 0.343 e. The van der Waals surface area contributed by atoms with E-state index in [2.05, 4.69) is 0 Å². The number of aromatic hydroxyl groups is 2. The fourth-order valence-electron chi connectivity index (χ4n) is 1.90. The van der Waals surface area contributed by atoms with Gasteiger partial charge in [-0.2, -0.15) is 0 Å². The van der Waals surface area contributed by atoms with E-state index >= 15 is 0 Å². The zero-order valence-corrected chi connectivity index (χ0v) is 11.0. The molecule has 0 radical (unpaired) electrons. The van der Waals surface area contributed by atoms with E-state index in [4.69, 9.17) is 9.84 Å². The number of Topliss-reactive ketones (excluding diaryl/α,β-unsaturated/α-hetero) is 1. The Kier molecular flexibility index (Phi) is 4.37. The molecule has 0 atom stereocenters. The third-order valence-corrected chi connectivity index (χ3v) is 2.81. The van der Waals surface area contributed by atoms with Crippen LogP contribution >= 0.6 is 0 Å². The van der Waals surface area contributed by atoms with Gasteiger partial charge >= 0.3 is 5.97 Å². The zero-order valence-electron chi connectivity index (χ0n) is 11.0. The fourth-order valence-corrected chi connectivity index (χ4v) is 1.90. The lowest BCUT2D eigenvalue weighted by Crippen LogP contribution is -2.09. The summed E-state index contributed by atoms with van der Waals surface area (Å²) in [7, 11) is 1.28. The van der Waals surface area contributed by atoms with E-state index in [0.717, 1.165) is 0 Å². The molecule has 6 heteroatoms. The monoisotopic (exact) mass is 268 g/mol. The lowest BCUT2D eigenvalue weighted by Gasteiger charge is -2.16. The minimum absolute atomic E-state index is 0.00144. The van der Waals surface area contributed by atoms with Crippen molar-refractivity contribution < 1.29 is 29.6 Å². The Hall–Kier alpha value is -2.24. The van der Waals surface area contributed by atoms with Gasteiger partial charge in [0.15, 0.2) is 5.78 Å². The maximum absolute atomic E-state index is 12.0. The van der Waals surface area contributed by atoms with E-state index in [-0.39, 0.29) is 23.3 Å². The Morgan fingerprint density at radius 3 is 2.16 bits per heavy atom. The lowest BCUT2D eigenvalue weighted by molar-refractivity contribution is 0.0690. The van der Waals surface area contributed by atoms with Crippen molar-refractivity contribution in [2.24, 2.45) is 0 Å². The molecule has 0 saturated heterocycles. The Morgan fingerprint density at radius 2 is 1.74 bits per heavy atom. The molecule has 1 aromatic rings. The quantitative estimate of drug-likeness (QED) is 0.706. The highest BCUT2D eigenvalue weighted by molar-refractivity contribution is 6.07. The molecule has 0 spiro atoms. The summed E-state index contributed by atoms with van der Waals surface area (Å²) in [6, 6.07) is 0. The van der Waals surface area contributed by atoms with Crippen LogP contribution in [0, 0.1) is 6.92 Å². The Bertz CT molecular complexity index is 533. The summed E-state index contributed by atoms with van der Waals surface area (Å²) in [5, 5.41) is 28.7. The molecule has 0 unspecified atom stereocenters. The molecule has 0 heterocycles. The number of carboxylic acid groups (broad SMARTS) is 1. The van der Waals surface area contributed by atoms with Crippen molar-refractivity contribution in [1.82, 2.24) is 0 Å². The number of ether oxygens (including phenoxy) is 1. The number of methoxy groups -OCH3 is 1. The number of carbonyl (C=O) groups excluding carboxylic acids is 1. The molecular formula is C13H16O6. The summed E-state index contributed by atoms with van der Waals surface area (Å²) in [5.74, 6) is -3.30. The lowest BCUT2D eigenvalue weighted by atomic mass is 9.96. The second-order valence-corrected chi connectivity index (χ2v) is 4.08. The molecule has 0 amide bonds. The third kappa shape index (κ3) is 2.47. The second kappa shape index (κ2) is 5.60. The number of carbonyl (C=O) groups is 2.